The molecular weight excluding hydrogens is 272 g/mol. The highest BCUT2D eigenvalue weighted by Gasteiger charge is 2.36. The van der Waals surface area contributed by atoms with E-state index in [2.05, 4.69) is 4.74 Å². The number of carbonyl (C=O) groups is 2. The van der Waals surface area contributed by atoms with E-state index in [1.54, 1.807) is 0 Å². The number of fused-ring (bicyclic) bond motifs is 1. The molecule has 3 atom stereocenters. The number of ether oxygens (including phenoxy) is 2. The molecule has 2 aliphatic carbocycles. The lowest BCUT2D eigenvalue weighted by Gasteiger charge is -2.39. The summed E-state index contributed by atoms with van der Waals surface area (Å²) in [5, 5.41) is 10.3. The van der Waals surface area contributed by atoms with Gasteiger partial charge in [-0.2, -0.15) is 0 Å². The van der Waals surface area contributed by atoms with Gasteiger partial charge < -0.3 is 14.6 Å². The van der Waals surface area contributed by atoms with Gasteiger partial charge in [-0.25, -0.2) is 0 Å². The molecule has 1 N–H and O–H groups in total. The van der Waals surface area contributed by atoms with Crippen molar-refractivity contribution in [2.24, 2.45) is 5.92 Å². The number of carbonyl (C=O) groups excluding carboxylic acids is 2. The van der Waals surface area contributed by atoms with Crippen LogP contribution in [0.5, 0.6) is 0 Å². The fourth-order valence-corrected chi connectivity index (χ4v) is 3.60. The highest BCUT2D eigenvalue weighted by atomic mass is 16.5. The highest BCUT2D eigenvalue weighted by molar-refractivity contribution is 5.70. The van der Waals surface area contributed by atoms with Gasteiger partial charge in [0, 0.05) is 13.3 Å². The predicted octanol–water partition coefficient (Wildman–Crippen LogP) is 2.12. The molecule has 0 radical (unpaired) electrons. The fourth-order valence-electron chi connectivity index (χ4n) is 3.60. The number of hydrogen-bond donors (Lipinski definition) is 1. The maximum Gasteiger partial charge on any atom is 0.305 e. The SMILES string of the molecule is COC(=O)CCC1=C2[C@@H](CCC[C@@H]2O)CC[C@@H]1OC(C)=O. The standard InChI is InChI=1S/C16H24O5/c1-10(17)21-14-8-6-11-4-3-5-13(18)16(11)12(14)7-9-15(19)20-2/h11,13-14,18H,3-9H2,1-2H3/t11-,13-,14-/m0/s1. The summed E-state index contributed by atoms with van der Waals surface area (Å²) >= 11 is 0. The van der Waals surface area contributed by atoms with E-state index in [0.717, 1.165) is 43.3 Å². The smallest absolute Gasteiger partial charge is 0.305 e. The Balaban J connectivity index is 2.24. The van der Waals surface area contributed by atoms with Gasteiger partial charge in [-0.1, -0.05) is 0 Å². The van der Waals surface area contributed by atoms with Gasteiger partial charge in [0.15, 0.2) is 0 Å². The van der Waals surface area contributed by atoms with Crippen molar-refractivity contribution in [1.29, 1.82) is 0 Å². The zero-order valence-electron chi connectivity index (χ0n) is 12.8. The van der Waals surface area contributed by atoms with Crippen molar-refractivity contribution >= 4 is 11.9 Å². The number of hydrogen-bond acceptors (Lipinski definition) is 5. The number of esters is 2. The third kappa shape index (κ3) is 3.84. The second-order valence-electron chi connectivity index (χ2n) is 5.88. The van der Waals surface area contributed by atoms with E-state index >= 15 is 0 Å². The summed E-state index contributed by atoms with van der Waals surface area (Å²) in [6.45, 7) is 1.39. The molecule has 0 amide bonds. The topological polar surface area (TPSA) is 72.8 Å². The third-order valence-electron chi connectivity index (χ3n) is 4.50. The van der Waals surface area contributed by atoms with E-state index in [4.69, 9.17) is 4.74 Å². The van der Waals surface area contributed by atoms with Gasteiger partial charge in [0.2, 0.25) is 0 Å². The van der Waals surface area contributed by atoms with Crippen LogP contribution in [0.15, 0.2) is 11.1 Å². The molecule has 2 aliphatic rings. The number of rotatable bonds is 4. The Labute approximate surface area is 125 Å². The third-order valence-corrected chi connectivity index (χ3v) is 4.50. The first-order chi connectivity index (χ1) is 10.0. The zero-order valence-corrected chi connectivity index (χ0v) is 12.8. The first-order valence-electron chi connectivity index (χ1n) is 7.67. The van der Waals surface area contributed by atoms with Gasteiger partial charge in [0.1, 0.15) is 6.10 Å². The molecule has 0 aromatic rings. The van der Waals surface area contributed by atoms with Crippen molar-refractivity contribution in [3.8, 4) is 0 Å². The first kappa shape index (κ1) is 16.0. The molecular formula is C16H24O5. The van der Waals surface area contributed by atoms with E-state index < -0.39 is 6.10 Å². The predicted molar refractivity (Wildman–Crippen MR) is 76.4 cm³/mol. The van der Waals surface area contributed by atoms with E-state index in [1.165, 1.54) is 14.0 Å². The van der Waals surface area contributed by atoms with Crippen LogP contribution in [0.4, 0.5) is 0 Å². The summed E-state index contributed by atoms with van der Waals surface area (Å²) in [7, 11) is 1.36. The van der Waals surface area contributed by atoms with Gasteiger partial charge in [-0.3, -0.25) is 9.59 Å². The summed E-state index contributed by atoms with van der Waals surface area (Å²) in [5.41, 5.74) is 1.96. The minimum Gasteiger partial charge on any atom is -0.469 e. The zero-order chi connectivity index (χ0) is 15.4. The van der Waals surface area contributed by atoms with Crippen molar-refractivity contribution < 1.29 is 24.2 Å². The van der Waals surface area contributed by atoms with Crippen LogP contribution in [-0.2, 0) is 19.1 Å². The summed E-state index contributed by atoms with van der Waals surface area (Å²) in [6, 6.07) is 0. The Morgan fingerprint density at radius 2 is 2.00 bits per heavy atom. The largest absolute Gasteiger partial charge is 0.469 e. The van der Waals surface area contributed by atoms with Crippen LogP contribution in [-0.4, -0.2) is 36.4 Å². The molecule has 118 valence electrons. The molecule has 5 heteroatoms. The average molecular weight is 296 g/mol. The minimum atomic E-state index is -0.463. The molecule has 1 fully saturated rings. The quantitative estimate of drug-likeness (QED) is 0.635. The summed E-state index contributed by atoms with van der Waals surface area (Å²) in [4.78, 5) is 22.7. The number of aliphatic hydroxyl groups is 1. The van der Waals surface area contributed by atoms with Crippen LogP contribution in [0.2, 0.25) is 0 Å². The molecule has 2 rings (SSSR count). The number of methoxy groups -OCH3 is 1. The second kappa shape index (κ2) is 7.07. The van der Waals surface area contributed by atoms with Gasteiger partial charge in [0.05, 0.1) is 13.2 Å². The van der Waals surface area contributed by atoms with Crippen molar-refractivity contribution in [3.05, 3.63) is 11.1 Å². The lowest BCUT2D eigenvalue weighted by Crippen LogP contribution is -2.34. The van der Waals surface area contributed by atoms with E-state index in [1.807, 2.05) is 0 Å². The van der Waals surface area contributed by atoms with Crippen LogP contribution in [0, 0.1) is 5.92 Å². The molecule has 0 spiro atoms. The van der Waals surface area contributed by atoms with Crippen molar-refractivity contribution in [2.75, 3.05) is 7.11 Å². The normalized spacial score (nSPS) is 28.8. The van der Waals surface area contributed by atoms with E-state index in [0.29, 0.717) is 12.3 Å². The van der Waals surface area contributed by atoms with Crippen LogP contribution < -0.4 is 0 Å². The van der Waals surface area contributed by atoms with E-state index in [-0.39, 0.29) is 24.5 Å². The molecule has 0 saturated heterocycles. The number of aliphatic hydroxyl groups excluding tert-OH is 1. The Bertz CT molecular complexity index is 440. The Kier molecular flexibility index (Phi) is 5.39. The van der Waals surface area contributed by atoms with Crippen LogP contribution in [0.3, 0.4) is 0 Å². The molecule has 21 heavy (non-hydrogen) atoms. The van der Waals surface area contributed by atoms with Gasteiger partial charge >= 0.3 is 11.9 Å². The molecule has 0 aromatic carbocycles. The maximum atomic E-state index is 11.4. The summed E-state index contributed by atoms with van der Waals surface area (Å²) < 4.78 is 10.1. The molecule has 0 aliphatic heterocycles. The van der Waals surface area contributed by atoms with Crippen molar-refractivity contribution in [2.45, 2.75) is 64.1 Å². The molecule has 0 heterocycles. The maximum absolute atomic E-state index is 11.4. The molecule has 5 nitrogen and oxygen atoms in total. The van der Waals surface area contributed by atoms with Crippen molar-refractivity contribution in [1.82, 2.24) is 0 Å². The Hall–Kier alpha value is -1.36. The van der Waals surface area contributed by atoms with Gasteiger partial charge in [-0.05, 0) is 55.6 Å². The lowest BCUT2D eigenvalue weighted by molar-refractivity contribution is -0.145. The Morgan fingerprint density at radius 1 is 1.24 bits per heavy atom. The molecule has 1 saturated carbocycles. The molecule has 0 aromatic heterocycles. The van der Waals surface area contributed by atoms with Gasteiger partial charge in [0.25, 0.3) is 0 Å². The summed E-state index contributed by atoms with van der Waals surface area (Å²) in [5.74, 6) is -0.231. The van der Waals surface area contributed by atoms with Crippen LogP contribution >= 0.6 is 0 Å². The fraction of sp³-hybridized carbons (Fsp3) is 0.750. The van der Waals surface area contributed by atoms with Crippen LogP contribution in [0.1, 0.15) is 51.9 Å². The Morgan fingerprint density at radius 3 is 2.67 bits per heavy atom. The minimum absolute atomic E-state index is 0.256. The lowest BCUT2D eigenvalue weighted by atomic mass is 9.71. The molecule has 0 bridgehead atoms. The average Bonchev–Trinajstić information content (AvgIpc) is 2.45. The van der Waals surface area contributed by atoms with E-state index in [9.17, 15) is 14.7 Å². The monoisotopic (exact) mass is 296 g/mol. The van der Waals surface area contributed by atoms with Gasteiger partial charge in [-0.15, -0.1) is 0 Å². The molecule has 0 unspecified atom stereocenters. The van der Waals surface area contributed by atoms with Crippen molar-refractivity contribution in [3.63, 3.8) is 0 Å². The van der Waals surface area contributed by atoms with Crippen LogP contribution in [0.25, 0.3) is 0 Å². The summed E-state index contributed by atoms with van der Waals surface area (Å²) in [6.07, 6.45) is 4.54. The second-order valence-corrected chi connectivity index (χ2v) is 5.88. The highest BCUT2D eigenvalue weighted by Crippen LogP contribution is 2.42. The first-order valence-corrected chi connectivity index (χ1v) is 7.67.